The molecule has 1 aliphatic rings. The minimum Gasteiger partial charge on any atom is -0.488 e. The molecule has 27 heavy (non-hydrogen) atoms. The molecule has 140 valence electrons. The maximum absolute atomic E-state index is 12.3. The Labute approximate surface area is 172 Å². The Kier molecular flexibility index (Phi) is 6.63. The quantitative estimate of drug-likeness (QED) is 0.456. The van der Waals surface area contributed by atoms with Gasteiger partial charge in [0.2, 0.25) is 0 Å². The highest BCUT2D eigenvalue weighted by molar-refractivity contribution is 9.10. The Morgan fingerprint density at radius 3 is 2.74 bits per heavy atom. The maximum atomic E-state index is 12.3. The van der Waals surface area contributed by atoms with Gasteiger partial charge in [0.15, 0.2) is 5.50 Å². The normalized spacial score (nSPS) is 17.6. The van der Waals surface area contributed by atoms with Crippen LogP contribution in [-0.2, 0) is 11.2 Å². The van der Waals surface area contributed by atoms with Crippen molar-refractivity contribution in [3.63, 3.8) is 0 Å². The molecule has 2 aromatic carbocycles. The number of halogens is 1. The average molecular weight is 445 g/mol. The first kappa shape index (κ1) is 19.6. The third kappa shape index (κ3) is 5.17. The minimum absolute atomic E-state index is 0.0780. The molecule has 4 nitrogen and oxygen atoms in total. The summed E-state index contributed by atoms with van der Waals surface area (Å²) in [7, 11) is 0. The Bertz CT molecular complexity index is 865. The highest BCUT2D eigenvalue weighted by Gasteiger charge is 2.27. The third-order valence-electron chi connectivity index (χ3n) is 4.00. The number of thioether (sulfide) groups is 1. The molecule has 2 aromatic rings. The van der Waals surface area contributed by atoms with Crippen LogP contribution in [0.3, 0.4) is 0 Å². The van der Waals surface area contributed by atoms with E-state index in [0.717, 1.165) is 27.9 Å². The molecule has 1 saturated heterocycles. The molecule has 0 aromatic heterocycles. The molecule has 3 rings (SSSR count). The van der Waals surface area contributed by atoms with Crippen LogP contribution in [0.4, 0.5) is 5.69 Å². The summed E-state index contributed by atoms with van der Waals surface area (Å²) in [5, 5.41) is 6.29. The fourth-order valence-electron chi connectivity index (χ4n) is 2.58. The Balaban J connectivity index is 1.67. The van der Waals surface area contributed by atoms with E-state index in [4.69, 9.17) is 4.74 Å². The van der Waals surface area contributed by atoms with Crippen molar-refractivity contribution >= 4 is 45.4 Å². The third-order valence-corrected chi connectivity index (χ3v) is 5.65. The first-order chi connectivity index (χ1) is 13.1. The minimum atomic E-state index is -0.185. The van der Waals surface area contributed by atoms with Gasteiger partial charge in [-0.1, -0.05) is 49.5 Å². The zero-order valence-corrected chi connectivity index (χ0v) is 17.4. The van der Waals surface area contributed by atoms with Gasteiger partial charge in [-0.25, -0.2) is 0 Å². The molecule has 0 bridgehead atoms. The lowest BCUT2D eigenvalue weighted by molar-refractivity contribution is -0.116. The zero-order valence-electron chi connectivity index (χ0n) is 15.0. The Morgan fingerprint density at radius 1 is 1.30 bits per heavy atom. The SMILES string of the molecule is C=CCOc1ccc(/C=C2\S[C@H](Nc3ccc(CC)cc3)NC2=O)cc1Br. The average Bonchev–Trinajstić information content (AvgIpc) is 3.00. The van der Waals surface area contributed by atoms with E-state index in [0.29, 0.717) is 11.5 Å². The van der Waals surface area contributed by atoms with Crippen LogP contribution in [0.5, 0.6) is 5.75 Å². The second-order valence-corrected chi connectivity index (χ2v) is 7.97. The number of nitrogens with one attached hydrogen (secondary N) is 2. The van der Waals surface area contributed by atoms with E-state index in [1.165, 1.54) is 17.3 Å². The van der Waals surface area contributed by atoms with Crippen molar-refractivity contribution in [1.29, 1.82) is 0 Å². The number of ether oxygens (including phenoxy) is 1. The molecule has 0 aliphatic carbocycles. The number of amides is 1. The molecule has 1 heterocycles. The molecule has 1 amide bonds. The smallest absolute Gasteiger partial charge is 0.260 e. The number of benzene rings is 2. The lowest BCUT2D eigenvalue weighted by Crippen LogP contribution is -2.30. The summed E-state index contributed by atoms with van der Waals surface area (Å²) >= 11 is 4.97. The van der Waals surface area contributed by atoms with Crippen LogP contribution >= 0.6 is 27.7 Å². The summed E-state index contributed by atoms with van der Waals surface area (Å²) in [6.07, 6.45) is 4.59. The molecule has 0 saturated carbocycles. The van der Waals surface area contributed by atoms with Crippen LogP contribution in [0.2, 0.25) is 0 Å². The fourth-order valence-corrected chi connectivity index (χ4v) is 4.07. The monoisotopic (exact) mass is 444 g/mol. The van der Waals surface area contributed by atoms with Crippen molar-refractivity contribution < 1.29 is 9.53 Å². The molecule has 0 spiro atoms. The van der Waals surface area contributed by atoms with Gasteiger partial charge < -0.3 is 15.4 Å². The topological polar surface area (TPSA) is 50.4 Å². The molecule has 0 unspecified atom stereocenters. The van der Waals surface area contributed by atoms with Crippen LogP contribution < -0.4 is 15.4 Å². The first-order valence-electron chi connectivity index (χ1n) is 8.67. The predicted octanol–water partition coefficient (Wildman–Crippen LogP) is 5.18. The van der Waals surface area contributed by atoms with Crippen molar-refractivity contribution in [2.45, 2.75) is 18.8 Å². The lowest BCUT2D eigenvalue weighted by Gasteiger charge is -2.12. The zero-order chi connectivity index (χ0) is 19.2. The number of hydrogen-bond acceptors (Lipinski definition) is 4. The highest BCUT2D eigenvalue weighted by atomic mass is 79.9. The van der Waals surface area contributed by atoms with Crippen LogP contribution in [0.25, 0.3) is 6.08 Å². The van der Waals surface area contributed by atoms with Gasteiger partial charge in [0, 0.05) is 5.69 Å². The number of carbonyl (C=O) groups excluding carboxylic acids is 1. The fraction of sp³-hybridized carbons (Fsp3) is 0.190. The number of carbonyl (C=O) groups is 1. The molecule has 1 fully saturated rings. The van der Waals surface area contributed by atoms with E-state index in [1.807, 2.05) is 36.4 Å². The van der Waals surface area contributed by atoms with Crippen molar-refractivity contribution in [2.75, 3.05) is 11.9 Å². The van der Waals surface area contributed by atoms with Gasteiger partial charge in [-0.05, 0) is 63.8 Å². The van der Waals surface area contributed by atoms with Gasteiger partial charge in [0.1, 0.15) is 12.4 Å². The Hall–Kier alpha value is -2.18. The molecular weight excluding hydrogens is 424 g/mol. The van der Waals surface area contributed by atoms with Gasteiger partial charge in [0.25, 0.3) is 5.91 Å². The molecule has 1 aliphatic heterocycles. The summed E-state index contributed by atoms with van der Waals surface area (Å²) in [5.74, 6) is 0.668. The van der Waals surface area contributed by atoms with Crippen molar-refractivity contribution in [1.82, 2.24) is 5.32 Å². The summed E-state index contributed by atoms with van der Waals surface area (Å²) in [6, 6.07) is 14.0. The van der Waals surface area contributed by atoms with Crippen LogP contribution in [-0.4, -0.2) is 18.0 Å². The van der Waals surface area contributed by atoms with Gasteiger partial charge in [-0.2, -0.15) is 0 Å². The predicted molar refractivity (Wildman–Crippen MR) is 117 cm³/mol. The molecule has 6 heteroatoms. The van der Waals surface area contributed by atoms with E-state index in [9.17, 15) is 4.79 Å². The Morgan fingerprint density at radius 2 is 2.07 bits per heavy atom. The van der Waals surface area contributed by atoms with E-state index in [-0.39, 0.29) is 11.4 Å². The second kappa shape index (κ2) is 9.15. The van der Waals surface area contributed by atoms with E-state index < -0.39 is 0 Å². The van der Waals surface area contributed by atoms with Gasteiger partial charge >= 0.3 is 0 Å². The van der Waals surface area contributed by atoms with Gasteiger partial charge in [-0.15, -0.1) is 0 Å². The summed E-state index contributed by atoms with van der Waals surface area (Å²) < 4.78 is 6.39. The molecular formula is C21H21BrN2O2S. The van der Waals surface area contributed by atoms with Crippen molar-refractivity contribution in [3.8, 4) is 5.75 Å². The summed E-state index contributed by atoms with van der Waals surface area (Å²) in [4.78, 5) is 13.0. The molecule has 1 atom stereocenters. The molecule has 0 radical (unpaired) electrons. The first-order valence-corrected chi connectivity index (χ1v) is 10.3. The van der Waals surface area contributed by atoms with Gasteiger partial charge in [0.05, 0.1) is 9.38 Å². The number of anilines is 1. The summed E-state index contributed by atoms with van der Waals surface area (Å²) in [5.41, 5.74) is 3.02. The van der Waals surface area contributed by atoms with Crippen LogP contribution in [0.15, 0.2) is 64.5 Å². The molecule has 2 N–H and O–H groups in total. The lowest BCUT2D eigenvalue weighted by atomic mass is 10.1. The van der Waals surface area contributed by atoms with E-state index in [2.05, 4.69) is 52.2 Å². The van der Waals surface area contributed by atoms with Crippen molar-refractivity contribution in [3.05, 3.63) is 75.6 Å². The van der Waals surface area contributed by atoms with E-state index in [1.54, 1.807) is 6.08 Å². The maximum Gasteiger partial charge on any atom is 0.260 e. The van der Waals surface area contributed by atoms with Crippen molar-refractivity contribution in [2.24, 2.45) is 0 Å². The summed E-state index contributed by atoms with van der Waals surface area (Å²) in [6.45, 7) is 6.22. The number of aryl methyl sites for hydroxylation is 1. The number of hydrogen-bond donors (Lipinski definition) is 2. The second-order valence-electron chi connectivity index (χ2n) is 5.96. The highest BCUT2D eigenvalue weighted by Crippen LogP contribution is 2.32. The number of rotatable bonds is 7. The largest absolute Gasteiger partial charge is 0.488 e. The van der Waals surface area contributed by atoms with Crippen LogP contribution in [0, 0.1) is 0 Å². The van der Waals surface area contributed by atoms with E-state index >= 15 is 0 Å². The van der Waals surface area contributed by atoms with Crippen LogP contribution in [0.1, 0.15) is 18.1 Å². The standard InChI is InChI=1S/C21H21BrN2O2S/c1-3-11-26-18-10-7-15(12-17(18)22)13-19-20(25)24-21(27-19)23-16-8-5-14(4-2)6-9-16/h3,5-10,12-13,21,23H,1,4,11H2,2H3,(H,24,25)/b19-13-/t21-/m1/s1. The van der Waals surface area contributed by atoms with Gasteiger partial charge in [-0.3, -0.25) is 4.79 Å².